The lowest BCUT2D eigenvalue weighted by atomic mass is 10.0. The fourth-order valence-corrected chi connectivity index (χ4v) is 4.89. The van der Waals surface area contributed by atoms with E-state index in [0.29, 0.717) is 5.28 Å². The fourth-order valence-electron chi connectivity index (χ4n) is 3.37. The van der Waals surface area contributed by atoms with Gasteiger partial charge in [-0.25, -0.2) is 4.98 Å². The van der Waals surface area contributed by atoms with Gasteiger partial charge in [-0.15, -0.1) is 11.3 Å². The molecule has 3 aromatic rings. The molecule has 3 heterocycles. The third-order valence-corrected chi connectivity index (χ3v) is 6.17. The van der Waals surface area contributed by atoms with E-state index in [0.717, 1.165) is 33.6 Å². The van der Waals surface area contributed by atoms with Gasteiger partial charge in [0.2, 0.25) is 5.28 Å². The van der Waals surface area contributed by atoms with Crippen molar-refractivity contribution in [3.63, 3.8) is 0 Å². The quantitative estimate of drug-likeness (QED) is 0.469. The molecule has 4 rings (SSSR count). The lowest BCUT2D eigenvalue weighted by Gasteiger charge is -2.28. The first kappa shape index (κ1) is 16.3. The third-order valence-electron chi connectivity index (χ3n) is 4.47. The van der Waals surface area contributed by atoms with Gasteiger partial charge in [-0.3, -0.25) is 0 Å². The monoisotopic (exact) mass is 421 g/mol. The first-order valence-electron chi connectivity index (χ1n) is 8.11. The molecule has 1 saturated heterocycles. The zero-order valence-corrected chi connectivity index (χ0v) is 16.5. The third kappa shape index (κ3) is 2.93. The highest BCUT2D eigenvalue weighted by atomic mass is 79.9. The molecule has 3 nitrogen and oxygen atoms in total. The second-order valence-corrected chi connectivity index (χ2v) is 8.54. The lowest BCUT2D eigenvalue weighted by Crippen LogP contribution is -2.30. The molecule has 1 aliphatic rings. The minimum absolute atomic E-state index is 0.340. The highest BCUT2D eigenvalue weighted by molar-refractivity contribution is 9.10. The Morgan fingerprint density at radius 3 is 2.50 bits per heavy atom. The number of rotatable bonds is 2. The van der Waals surface area contributed by atoms with Gasteiger partial charge in [-0.2, -0.15) is 4.98 Å². The summed E-state index contributed by atoms with van der Waals surface area (Å²) >= 11 is 11.4. The van der Waals surface area contributed by atoms with Gasteiger partial charge in [0.15, 0.2) is 0 Å². The molecule has 0 saturated carbocycles. The normalized spacial score (nSPS) is 15.2. The van der Waals surface area contributed by atoms with Crippen molar-refractivity contribution in [3.05, 3.63) is 38.9 Å². The summed E-state index contributed by atoms with van der Waals surface area (Å²) in [6.45, 7) is 4.23. The van der Waals surface area contributed by atoms with E-state index in [1.54, 1.807) is 11.3 Å². The van der Waals surface area contributed by atoms with Crippen molar-refractivity contribution in [3.8, 4) is 11.1 Å². The number of hydrogen-bond donors (Lipinski definition) is 0. The number of anilines is 1. The van der Waals surface area contributed by atoms with Gasteiger partial charge in [-0.05, 0) is 55.5 Å². The molecule has 0 radical (unpaired) electrons. The summed E-state index contributed by atoms with van der Waals surface area (Å²) in [7, 11) is 0. The van der Waals surface area contributed by atoms with Crippen LogP contribution in [-0.2, 0) is 0 Å². The number of piperidine rings is 1. The Balaban J connectivity index is 1.96. The summed E-state index contributed by atoms with van der Waals surface area (Å²) in [5.41, 5.74) is 2.44. The number of benzene rings is 1. The Hall–Kier alpha value is -1.17. The van der Waals surface area contributed by atoms with Crippen molar-refractivity contribution >= 4 is 54.9 Å². The number of aromatic nitrogens is 2. The number of nitrogens with zero attached hydrogens (tertiary/aromatic N) is 3. The molecule has 1 aromatic carbocycles. The van der Waals surface area contributed by atoms with Crippen LogP contribution in [0.2, 0.25) is 5.28 Å². The fraction of sp³-hybridized carbons (Fsp3) is 0.333. The van der Waals surface area contributed by atoms with Crippen LogP contribution in [0.25, 0.3) is 21.3 Å². The Kier molecular flexibility index (Phi) is 4.50. The van der Waals surface area contributed by atoms with Crippen LogP contribution < -0.4 is 4.90 Å². The van der Waals surface area contributed by atoms with Gasteiger partial charge in [0.1, 0.15) is 10.6 Å². The van der Waals surface area contributed by atoms with Crippen LogP contribution in [0.3, 0.4) is 0 Å². The average Bonchev–Trinajstić information content (AvgIpc) is 2.91. The summed E-state index contributed by atoms with van der Waals surface area (Å²) in [5, 5.41) is 1.48. The predicted octanol–water partition coefficient (Wildman–Crippen LogP) is 6.07. The number of aryl methyl sites for hydroxylation is 1. The smallest absolute Gasteiger partial charge is 0.225 e. The maximum atomic E-state index is 6.22. The topological polar surface area (TPSA) is 29.0 Å². The maximum absolute atomic E-state index is 6.22. The van der Waals surface area contributed by atoms with Crippen molar-refractivity contribution in [1.82, 2.24) is 9.97 Å². The summed E-state index contributed by atoms with van der Waals surface area (Å²) in [6.07, 6.45) is 3.71. The molecule has 1 aliphatic heterocycles. The van der Waals surface area contributed by atoms with Crippen molar-refractivity contribution in [1.29, 1.82) is 0 Å². The molecule has 0 unspecified atom stereocenters. The minimum Gasteiger partial charge on any atom is -0.356 e. The van der Waals surface area contributed by atoms with Crippen molar-refractivity contribution < 1.29 is 0 Å². The molecule has 0 atom stereocenters. The Bertz CT molecular complexity index is 885. The first-order valence-corrected chi connectivity index (χ1v) is 10.1. The second kappa shape index (κ2) is 6.62. The molecule has 124 valence electrons. The SMILES string of the molecule is Cc1sc2nc(Cl)nc(N3CCCCC3)c2c1-c1ccc(Br)cc1. The molecular weight excluding hydrogens is 406 g/mol. The van der Waals surface area contributed by atoms with E-state index in [-0.39, 0.29) is 0 Å². The molecule has 0 bridgehead atoms. The van der Waals surface area contributed by atoms with E-state index in [1.165, 1.54) is 35.3 Å². The number of halogens is 2. The molecule has 1 fully saturated rings. The van der Waals surface area contributed by atoms with Crippen LogP contribution in [0.4, 0.5) is 5.82 Å². The van der Waals surface area contributed by atoms with Crippen LogP contribution in [0.15, 0.2) is 28.7 Å². The van der Waals surface area contributed by atoms with E-state index in [9.17, 15) is 0 Å². The molecular formula is C18H17BrClN3S. The summed E-state index contributed by atoms with van der Waals surface area (Å²) in [5.74, 6) is 0.993. The molecule has 2 aromatic heterocycles. The van der Waals surface area contributed by atoms with Crippen LogP contribution in [-0.4, -0.2) is 23.1 Å². The van der Waals surface area contributed by atoms with Crippen molar-refractivity contribution in [2.24, 2.45) is 0 Å². The average molecular weight is 423 g/mol. The summed E-state index contributed by atoms with van der Waals surface area (Å²) < 4.78 is 1.08. The van der Waals surface area contributed by atoms with Crippen molar-refractivity contribution in [2.75, 3.05) is 18.0 Å². The second-order valence-electron chi connectivity index (χ2n) is 6.08. The zero-order valence-electron chi connectivity index (χ0n) is 13.4. The predicted molar refractivity (Wildman–Crippen MR) is 106 cm³/mol. The molecule has 0 N–H and O–H groups in total. The van der Waals surface area contributed by atoms with Gasteiger partial charge in [0.25, 0.3) is 0 Å². The van der Waals surface area contributed by atoms with Crippen LogP contribution in [0.1, 0.15) is 24.1 Å². The Morgan fingerprint density at radius 1 is 1.08 bits per heavy atom. The lowest BCUT2D eigenvalue weighted by molar-refractivity contribution is 0.574. The van der Waals surface area contributed by atoms with E-state index < -0.39 is 0 Å². The maximum Gasteiger partial charge on any atom is 0.225 e. The van der Waals surface area contributed by atoms with Crippen LogP contribution >= 0.6 is 38.9 Å². The summed E-state index contributed by atoms with van der Waals surface area (Å²) in [6, 6.07) is 8.45. The zero-order chi connectivity index (χ0) is 16.7. The molecule has 0 aliphatic carbocycles. The molecule has 6 heteroatoms. The largest absolute Gasteiger partial charge is 0.356 e. The van der Waals surface area contributed by atoms with E-state index >= 15 is 0 Å². The number of hydrogen-bond acceptors (Lipinski definition) is 4. The molecule has 0 amide bonds. The molecule has 24 heavy (non-hydrogen) atoms. The number of fused-ring (bicyclic) bond motifs is 1. The Labute approximate surface area is 158 Å². The van der Waals surface area contributed by atoms with Crippen LogP contribution in [0.5, 0.6) is 0 Å². The first-order chi connectivity index (χ1) is 11.6. The highest BCUT2D eigenvalue weighted by Gasteiger charge is 2.22. The van der Waals surface area contributed by atoms with Crippen LogP contribution in [0, 0.1) is 6.92 Å². The summed E-state index contributed by atoms with van der Waals surface area (Å²) in [4.78, 5) is 13.7. The van der Waals surface area contributed by atoms with Gasteiger partial charge >= 0.3 is 0 Å². The molecule has 0 spiro atoms. The van der Waals surface area contributed by atoms with Gasteiger partial charge in [-0.1, -0.05) is 28.1 Å². The van der Waals surface area contributed by atoms with Gasteiger partial charge in [0, 0.05) is 28.0 Å². The van der Waals surface area contributed by atoms with Crippen molar-refractivity contribution in [2.45, 2.75) is 26.2 Å². The van der Waals surface area contributed by atoms with Gasteiger partial charge < -0.3 is 4.90 Å². The van der Waals surface area contributed by atoms with E-state index in [2.05, 4.69) is 62.0 Å². The number of thiophene rings is 1. The Morgan fingerprint density at radius 2 is 1.79 bits per heavy atom. The minimum atomic E-state index is 0.340. The van der Waals surface area contributed by atoms with E-state index in [4.69, 9.17) is 11.6 Å². The van der Waals surface area contributed by atoms with E-state index in [1.807, 2.05) is 0 Å². The van der Waals surface area contributed by atoms with Gasteiger partial charge in [0.05, 0.1) is 5.39 Å². The highest BCUT2D eigenvalue weighted by Crippen LogP contribution is 2.42. The standard InChI is InChI=1S/C18H17BrClN3S/c1-11-14(12-5-7-13(19)8-6-12)15-16(23-9-3-2-4-10-23)21-18(20)22-17(15)24-11/h5-8H,2-4,9-10H2,1H3.